The molecule has 0 spiro atoms. The number of hydrogen-bond acceptors (Lipinski definition) is 5. The number of likely N-dealkylation sites (N-methyl/N-ethyl adjacent to an activating group) is 1. The molecule has 0 bridgehead atoms. The summed E-state index contributed by atoms with van der Waals surface area (Å²) in [7, 11) is 1.74. The van der Waals surface area contributed by atoms with Crippen molar-refractivity contribution in [2.24, 2.45) is 0 Å². The number of ether oxygens (including phenoxy) is 1. The summed E-state index contributed by atoms with van der Waals surface area (Å²) >= 11 is 0. The summed E-state index contributed by atoms with van der Waals surface area (Å²) in [6, 6.07) is -0.331. The van der Waals surface area contributed by atoms with Crippen LogP contribution in [0, 0.1) is 0 Å². The van der Waals surface area contributed by atoms with Gasteiger partial charge in [-0.2, -0.15) is 0 Å². The topological polar surface area (TPSA) is 79.5 Å². The average Bonchev–Trinajstić information content (AvgIpc) is 2.33. The molecule has 0 aliphatic carbocycles. The van der Waals surface area contributed by atoms with Crippen LogP contribution in [0.1, 0.15) is 60.8 Å². The minimum absolute atomic E-state index is 0.0102. The molecule has 0 aromatic rings. The fraction of sp³-hybridized carbons (Fsp3) is 0.882. The second-order valence-electron chi connectivity index (χ2n) is 7.86. The lowest BCUT2D eigenvalue weighted by atomic mass is 10.0. The summed E-state index contributed by atoms with van der Waals surface area (Å²) in [5.41, 5.74) is -0.654. The molecule has 0 aromatic carbocycles. The molecule has 0 aliphatic heterocycles. The minimum atomic E-state index is -0.490. The van der Waals surface area contributed by atoms with Crippen LogP contribution in [0.5, 0.6) is 0 Å². The Balaban J connectivity index is 4.32. The molecule has 6 heteroatoms. The number of esters is 1. The highest BCUT2D eigenvalue weighted by molar-refractivity contribution is 5.78. The van der Waals surface area contributed by atoms with Crippen molar-refractivity contribution in [3.05, 3.63) is 0 Å². The maximum absolute atomic E-state index is 12.3. The number of hydrogen-bond donors (Lipinski definition) is 3. The van der Waals surface area contributed by atoms with Gasteiger partial charge in [0.2, 0.25) is 5.91 Å². The third-order valence-electron chi connectivity index (χ3n) is 2.88. The summed E-state index contributed by atoms with van der Waals surface area (Å²) in [6.07, 6.45) is 2.36. The van der Waals surface area contributed by atoms with Crippen LogP contribution in [0.4, 0.5) is 0 Å². The fourth-order valence-corrected chi connectivity index (χ4v) is 2.07. The SMILES string of the molecule is CNCC(=O)NCCCCC(NC(C)(C)C)C(=O)OC(C)(C)C. The highest BCUT2D eigenvalue weighted by Gasteiger charge is 2.27. The zero-order valence-electron chi connectivity index (χ0n) is 15.8. The van der Waals surface area contributed by atoms with Crippen molar-refractivity contribution >= 4 is 11.9 Å². The molecule has 0 aromatic heterocycles. The van der Waals surface area contributed by atoms with Crippen molar-refractivity contribution in [3.63, 3.8) is 0 Å². The Morgan fingerprint density at radius 2 is 1.65 bits per heavy atom. The Kier molecular flexibility index (Phi) is 9.39. The molecule has 136 valence electrons. The summed E-state index contributed by atoms with van der Waals surface area (Å²) in [4.78, 5) is 23.7. The molecule has 0 saturated carbocycles. The van der Waals surface area contributed by atoms with Crippen molar-refractivity contribution in [1.29, 1.82) is 0 Å². The van der Waals surface area contributed by atoms with Gasteiger partial charge in [0.05, 0.1) is 6.54 Å². The van der Waals surface area contributed by atoms with E-state index in [1.54, 1.807) is 7.05 Å². The van der Waals surface area contributed by atoms with Crippen molar-refractivity contribution < 1.29 is 14.3 Å². The number of unbranched alkanes of at least 4 members (excludes halogenated alkanes) is 1. The smallest absolute Gasteiger partial charge is 0.323 e. The van der Waals surface area contributed by atoms with Gasteiger partial charge in [-0.25, -0.2) is 0 Å². The third-order valence-corrected chi connectivity index (χ3v) is 2.88. The van der Waals surface area contributed by atoms with Gasteiger partial charge in [0, 0.05) is 12.1 Å². The van der Waals surface area contributed by atoms with E-state index >= 15 is 0 Å². The van der Waals surface area contributed by atoms with Gasteiger partial charge in [-0.15, -0.1) is 0 Å². The molecular formula is C17H35N3O3. The Morgan fingerprint density at radius 1 is 1.04 bits per heavy atom. The van der Waals surface area contributed by atoms with Crippen LogP contribution in [0.2, 0.25) is 0 Å². The van der Waals surface area contributed by atoms with Gasteiger partial charge in [0.15, 0.2) is 0 Å². The van der Waals surface area contributed by atoms with E-state index in [1.807, 2.05) is 41.5 Å². The molecule has 0 saturated heterocycles. The van der Waals surface area contributed by atoms with Gasteiger partial charge in [0.25, 0.3) is 0 Å². The fourth-order valence-electron chi connectivity index (χ4n) is 2.07. The van der Waals surface area contributed by atoms with Crippen LogP contribution < -0.4 is 16.0 Å². The second-order valence-corrected chi connectivity index (χ2v) is 7.86. The number of carbonyl (C=O) groups excluding carboxylic acids is 2. The molecule has 3 N–H and O–H groups in total. The predicted molar refractivity (Wildman–Crippen MR) is 93.3 cm³/mol. The molecule has 1 amide bonds. The van der Waals surface area contributed by atoms with Crippen LogP contribution >= 0.6 is 0 Å². The van der Waals surface area contributed by atoms with Gasteiger partial charge in [-0.3, -0.25) is 14.9 Å². The van der Waals surface area contributed by atoms with Crippen molar-refractivity contribution in [1.82, 2.24) is 16.0 Å². The van der Waals surface area contributed by atoms with E-state index in [9.17, 15) is 9.59 Å². The van der Waals surface area contributed by atoms with Gasteiger partial charge < -0.3 is 15.4 Å². The molecule has 0 aliphatic rings. The Labute approximate surface area is 141 Å². The quantitative estimate of drug-likeness (QED) is 0.442. The van der Waals surface area contributed by atoms with Gasteiger partial charge in [-0.1, -0.05) is 0 Å². The molecule has 0 heterocycles. The van der Waals surface area contributed by atoms with E-state index in [1.165, 1.54) is 0 Å². The van der Waals surface area contributed by atoms with E-state index < -0.39 is 5.60 Å². The number of nitrogens with one attached hydrogen (secondary N) is 3. The first-order chi connectivity index (χ1) is 10.4. The van der Waals surface area contributed by atoms with Crippen molar-refractivity contribution in [2.45, 2.75) is 78.0 Å². The molecule has 1 unspecified atom stereocenters. The van der Waals surface area contributed by atoms with Crippen LogP contribution in [0.3, 0.4) is 0 Å². The van der Waals surface area contributed by atoms with Gasteiger partial charge in [0.1, 0.15) is 11.6 Å². The normalized spacial score (nSPS) is 13.5. The molecule has 23 heavy (non-hydrogen) atoms. The predicted octanol–water partition coefficient (Wildman–Crippen LogP) is 1.59. The summed E-state index contributed by atoms with van der Waals surface area (Å²) in [5.74, 6) is -0.226. The van der Waals surface area contributed by atoms with E-state index in [-0.39, 0.29) is 23.5 Å². The zero-order valence-corrected chi connectivity index (χ0v) is 15.8. The second kappa shape index (κ2) is 9.88. The lowest BCUT2D eigenvalue weighted by Crippen LogP contribution is -2.49. The maximum atomic E-state index is 12.3. The molecule has 1 atom stereocenters. The van der Waals surface area contributed by atoms with Gasteiger partial charge in [-0.05, 0) is 67.9 Å². The monoisotopic (exact) mass is 329 g/mol. The van der Waals surface area contributed by atoms with Gasteiger partial charge >= 0.3 is 5.97 Å². The van der Waals surface area contributed by atoms with E-state index in [4.69, 9.17) is 4.74 Å². The van der Waals surface area contributed by atoms with Crippen LogP contribution in [-0.2, 0) is 14.3 Å². The number of amides is 1. The van der Waals surface area contributed by atoms with Crippen LogP contribution in [0.15, 0.2) is 0 Å². The summed E-state index contributed by atoms with van der Waals surface area (Å²) in [6.45, 7) is 12.7. The summed E-state index contributed by atoms with van der Waals surface area (Å²) in [5, 5.41) is 8.97. The van der Waals surface area contributed by atoms with E-state index in [2.05, 4.69) is 16.0 Å². The third kappa shape index (κ3) is 13.0. The molecule has 0 rings (SSSR count). The Morgan fingerprint density at radius 3 is 2.13 bits per heavy atom. The molecule has 6 nitrogen and oxygen atoms in total. The first kappa shape index (κ1) is 21.9. The van der Waals surface area contributed by atoms with Crippen LogP contribution in [-0.4, -0.2) is 49.2 Å². The van der Waals surface area contributed by atoms with E-state index in [0.29, 0.717) is 19.5 Å². The van der Waals surface area contributed by atoms with E-state index in [0.717, 1.165) is 12.8 Å². The number of rotatable bonds is 9. The maximum Gasteiger partial charge on any atom is 0.323 e. The summed E-state index contributed by atoms with van der Waals surface area (Å²) < 4.78 is 5.49. The highest BCUT2D eigenvalue weighted by atomic mass is 16.6. The zero-order chi connectivity index (χ0) is 18.1. The largest absolute Gasteiger partial charge is 0.459 e. The molecule has 0 radical (unpaired) electrons. The lowest BCUT2D eigenvalue weighted by molar-refractivity contribution is -0.158. The van der Waals surface area contributed by atoms with Crippen LogP contribution in [0.25, 0.3) is 0 Å². The first-order valence-corrected chi connectivity index (χ1v) is 8.36. The Hall–Kier alpha value is -1.14. The van der Waals surface area contributed by atoms with Crippen molar-refractivity contribution in [3.8, 4) is 0 Å². The van der Waals surface area contributed by atoms with Crippen molar-refractivity contribution in [2.75, 3.05) is 20.1 Å². The minimum Gasteiger partial charge on any atom is -0.459 e. The highest BCUT2D eigenvalue weighted by Crippen LogP contribution is 2.14. The molecular weight excluding hydrogens is 294 g/mol. The molecule has 0 fully saturated rings. The average molecular weight is 329 g/mol. The number of carbonyl (C=O) groups is 2. The lowest BCUT2D eigenvalue weighted by Gasteiger charge is -2.30. The Bertz CT molecular complexity index is 370. The first-order valence-electron chi connectivity index (χ1n) is 8.36. The standard InChI is InChI=1S/C17H35N3O3/c1-16(2,3)20-13(15(22)23-17(4,5)6)10-8-9-11-19-14(21)12-18-7/h13,18,20H,8-12H2,1-7H3,(H,19,21).